The molecule has 4 aromatic rings. The molecule has 0 radical (unpaired) electrons. The Balaban J connectivity index is 1.74. The minimum Gasteiger partial charge on any atom is -0.496 e. The molecule has 0 saturated carbocycles. The van der Waals surface area contributed by atoms with Gasteiger partial charge in [0.1, 0.15) is 11.5 Å². The van der Waals surface area contributed by atoms with Crippen LogP contribution in [0.5, 0.6) is 11.5 Å². The first kappa shape index (κ1) is 21.5. The molecular formula is C30H28O2. The van der Waals surface area contributed by atoms with Crippen molar-refractivity contribution in [2.75, 3.05) is 14.2 Å². The number of benzene rings is 4. The third-order valence-electron chi connectivity index (χ3n) is 5.73. The van der Waals surface area contributed by atoms with Gasteiger partial charge in [-0.2, -0.15) is 0 Å². The Kier molecular flexibility index (Phi) is 6.42. The number of ether oxygens (including phenoxy) is 2. The smallest absolute Gasteiger partial charge is 0.122 e. The molecule has 0 aliphatic rings. The molecule has 0 aliphatic carbocycles. The summed E-state index contributed by atoms with van der Waals surface area (Å²) in [6.45, 7) is 4.11. The predicted molar refractivity (Wildman–Crippen MR) is 137 cm³/mol. The first-order valence-corrected chi connectivity index (χ1v) is 10.8. The molecule has 4 rings (SSSR count). The van der Waals surface area contributed by atoms with E-state index >= 15 is 0 Å². The van der Waals surface area contributed by atoms with Crippen molar-refractivity contribution in [3.05, 3.63) is 106 Å². The van der Waals surface area contributed by atoms with Crippen LogP contribution in [0, 0.1) is 13.8 Å². The third kappa shape index (κ3) is 4.76. The summed E-state index contributed by atoms with van der Waals surface area (Å²) < 4.78 is 11.0. The zero-order chi connectivity index (χ0) is 22.5. The Hall–Kier alpha value is -3.78. The van der Waals surface area contributed by atoms with Gasteiger partial charge in [0, 0.05) is 0 Å². The molecule has 0 bridgehead atoms. The molecule has 0 amide bonds. The van der Waals surface area contributed by atoms with E-state index in [9.17, 15) is 0 Å². The van der Waals surface area contributed by atoms with E-state index in [1.165, 1.54) is 21.9 Å². The maximum absolute atomic E-state index is 5.48. The molecular weight excluding hydrogens is 392 g/mol. The number of aryl methyl sites for hydroxylation is 2. The fourth-order valence-electron chi connectivity index (χ4n) is 3.82. The van der Waals surface area contributed by atoms with E-state index in [2.05, 4.69) is 111 Å². The van der Waals surface area contributed by atoms with Gasteiger partial charge >= 0.3 is 0 Å². The van der Waals surface area contributed by atoms with Crippen LogP contribution in [0.3, 0.4) is 0 Å². The summed E-state index contributed by atoms with van der Waals surface area (Å²) in [5, 5.41) is 2.45. The Morgan fingerprint density at radius 1 is 0.531 bits per heavy atom. The monoisotopic (exact) mass is 420 g/mol. The molecule has 0 heterocycles. The van der Waals surface area contributed by atoms with Gasteiger partial charge in [-0.15, -0.1) is 0 Å². The lowest BCUT2D eigenvalue weighted by molar-refractivity contribution is 0.411. The maximum Gasteiger partial charge on any atom is 0.122 e. The highest BCUT2D eigenvalue weighted by Crippen LogP contribution is 2.26. The second-order valence-corrected chi connectivity index (χ2v) is 7.95. The summed E-state index contributed by atoms with van der Waals surface area (Å²) in [6, 6.07) is 25.5. The number of hydrogen-bond donors (Lipinski definition) is 0. The van der Waals surface area contributed by atoms with Crippen molar-refractivity contribution in [2.24, 2.45) is 0 Å². The zero-order valence-electron chi connectivity index (χ0n) is 19.1. The molecule has 2 nitrogen and oxygen atoms in total. The average Bonchev–Trinajstić information content (AvgIpc) is 2.82. The highest BCUT2D eigenvalue weighted by Gasteiger charge is 2.03. The van der Waals surface area contributed by atoms with E-state index in [0.29, 0.717) is 0 Å². The summed E-state index contributed by atoms with van der Waals surface area (Å²) in [4.78, 5) is 0. The van der Waals surface area contributed by atoms with Gasteiger partial charge in [0.15, 0.2) is 0 Å². The SMILES string of the molecule is COc1cc(/C=C\c2cc3ccccc3cc2/C=C\c2ccc(C)c(OC)c2)ccc1C. The van der Waals surface area contributed by atoms with Crippen LogP contribution < -0.4 is 9.47 Å². The van der Waals surface area contributed by atoms with Crippen LogP contribution in [0.4, 0.5) is 0 Å². The quantitative estimate of drug-likeness (QED) is 0.296. The minimum absolute atomic E-state index is 0.902. The van der Waals surface area contributed by atoms with Crippen molar-refractivity contribution in [2.45, 2.75) is 13.8 Å². The molecule has 0 aliphatic heterocycles. The van der Waals surface area contributed by atoms with Gasteiger partial charge in [-0.05, 0) is 82.3 Å². The molecule has 0 saturated heterocycles. The highest BCUT2D eigenvalue weighted by molar-refractivity contribution is 5.91. The summed E-state index contributed by atoms with van der Waals surface area (Å²) in [7, 11) is 3.42. The van der Waals surface area contributed by atoms with Crippen molar-refractivity contribution >= 4 is 35.1 Å². The van der Waals surface area contributed by atoms with Gasteiger partial charge in [-0.1, -0.05) is 72.8 Å². The zero-order valence-corrected chi connectivity index (χ0v) is 19.1. The van der Waals surface area contributed by atoms with Crippen LogP contribution >= 0.6 is 0 Å². The van der Waals surface area contributed by atoms with E-state index in [4.69, 9.17) is 9.47 Å². The molecule has 0 aromatic heterocycles. The normalized spacial score (nSPS) is 11.5. The lowest BCUT2D eigenvalue weighted by atomic mass is 9.98. The Bertz CT molecular complexity index is 1210. The molecule has 0 N–H and O–H groups in total. The third-order valence-corrected chi connectivity index (χ3v) is 5.73. The van der Waals surface area contributed by atoms with Crippen LogP contribution in [0.15, 0.2) is 72.8 Å². The number of rotatable bonds is 6. The number of hydrogen-bond acceptors (Lipinski definition) is 2. The highest BCUT2D eigenvalue weighted by atomic mass is 16.5. The molecule has 0 spiro atoms. The Morgan fingerprint density at radius 2 is 0.969 bits per heavy atom. The molecule has 2 heteroatoms. The van der Waals surface area contributed by atoms with Gasteiger partial charge in [0.25, 0.3) is 0 Å². The van der Waals surface area contributed by atoms with Gasteiger partial charge in [0.05, 0.1) is 14.2 Å². The van der Waals surface area contributed by atoms with Crippen LogP contribution in [0.2, 0.25) is 0 Å². The van der Waals surface area contributed by atoms with E-state index in [1.54, 1.807) is 14.2 Å². The van der Waals surface area contributed by atoms with Crippen molar-refractivity contribution < 1.29 is 9.47 Å². The van der Waals surface area contributed by atoms with Crippen LogP contribution in [-0.4, -0.2) is 14.2 Å². The fraction of sp³-hybridized carbons (Fsp3) is 0.133. The van der Waals surface area contributed by atoms with Crippen molar-refractivity contribution in [1.82, 2.24) is 0 Å². The fourth-order valence-corrected chi connectivity index (χ4v) is 3.82. The van der Waals surface area contributed by atoms with Crippen molar-refractivity contribution in [1.29, 1.82) is 0 Å². The van der Waals surface area contributed by atoms with Gasteiger partial charge in [-0.25, -0.2) is 0 Å². The first-order valence-electron chi connectivity index (χ1n) is 10.8. The second kappa shape index (κ2) is 9.57. The predicted octanol–water partition coefficient (Wildman–Crippen LogP) is 7.81. The van der Waals surface area contributed by atoms with Crippen molar-refractivity contribution in [3.8, 4) is 11.5 Å². The minimum atomic E-state index is 0.902. The summed E-state index contributed by atoms with van der Waals surface area (Å²) in [5.74, 6) is 1.80. The van der Waals surface area contributed by atoms with Crippen LogP contribution in [-0.2, 0) is 0 Å². The average molecular weight is 421 g/mol. The van der Waals surface area contributed by atoms with E-state index in [0.717, 1.165) is 33.8 Å². The number of methoxy groups -OCH3 is 2. The standard InChI is InChI=1S/C30H28O2/c1-21-9-11-23(17-29(21)31-3)13-15-27-19-25-7-5-6-8-26(25)20-28(27)16-14-24-12-10-22(2)30(18-24)32-4/h5-20H,1-4H3/b15-13-,16-14-. The van der Waals surface area contributed by atoms with Crippen LogP contribution in [0.25, 0.3) is 35.1 Å². The number of fused-ring (bicyclic) bond motifs is 1. The Labute approximate surface area is 190 Å². The van der Waals surface area contributed by atoms with E-state index < -0.39 is 0 Å². The lowest BCUT2D eigenvalue weighted by Crippen LogP contribution is -1.88. The molecule has 0 unspecified atom stereocenters. The Morgan fingerprint density at radius 3 is 1.38 bits per heavy atom. The summed E-state index contributed by atoms with van der Waals surface area (Å²) >= 11 is 0. The molecule has 4 aromatic carbocycles. The van der Waals surface area contributed by atoms with Crippen molar-refractivity contribution in [3.63, 3.8) is 0 Å². The molecule has 0 fully saturated rings. The molecule has 0 atom stereocenters. The molecule has 160 valence electrons. The summed E-state index contributed by atoms with van der Waals surface area (Å²) in [6.07, 6.45) is 8.62. The van der Waals surface area contributed by atoms with Gasteiger partial charge in [0.2, 0.25) is 0 Å². The van der Waals surface area contributed by atoms with E-state index in [1.807, 2.05) is 0 Å². The first-order chi connectivity index (χ1) is 15.6. The second-order valence-electron chi connectivity index (χ2n) is 7.95. The lowest BCUT2D eigenvalue weighted by Gasteiger charge is -2.08. The molecule has 32 heavy (non-hydrogen) atoms. The topological polar surface area (TPSA) is 18.5 Å². The summed E-state index contributed by atoms with van der Waals surface area (Å²) in [5.41, 5.74) is 6.81. The largest absolute Gasteiger partial charge is 0.496 e. The van der Waals surface area contributed by atoms with E-state index in [-0.39, 0.29) is 0 Å². The van der Waals surface area contributed by atoms with Gasteiger partial charge in [-0.3, -0.25) is 0 Å². The van der Waals surface area contributed by atoms with Crippen LogP contribution in [0.1, 0.15) is 33.4 Å². The maximum atomic E-state index is 5.48. The van der Waals surface area contributed by atoms with Gasteiger partial charge < -0.3 is 9.47 Å².